The number of benzene rings is 2. The van der Waals surface area contributed by atoms with E-state index in [9.17, 15) is 19.2 Å². The second-order valence-corrected chi connectivity index (χ2v) is 12.5. The summed E-state index contributed by atoms with van der Waals surface area (Å²) in [6, 6.07) is 14.4. The molecule has 0 spiro atoms. The number of hydrogen-bond donors (Lipinski definition) is 0. The molecule has 0 bridgehead atoms. The quantitative estimate of drug-likeness (QED) is 0.399. The Labute approximate surface area is 240 Å². The largest absolute Gasteiger partial charge is 0.497 e. The fourth-order valence-corrected chi connectivity index (χ4v) is 8.54. The third-order valence-corrected chi connectivity index (χ3v) is 10.3. The van der Waals surface area contributed by atoms with E-state index in [2.05, 4.69) is 15.9 Å². The van der Waals surface area contributed by atoms with E-state index < -0.39 is 17.1 Å². The van der Waals surface area contributed by atoms with Gasteiger partial charge in [-0.25, -0.2) is 4.90 Å². The van der Waals surface area contributed by atoms with Crippen LogP contribution in [0, 0.1) is 5.92 Å². The average Bonchev–Trinajstić information content (AvgIpc) is 3.39. The highest BCUT2D eigenvalue weighted by Crippen LogP contribution is 2.54. The first kappa shape index (κ1) is 26.3. The molecule has 0 saturated carbocycles. The molecule has 3 amide bonds. The fourth-order valence-electron chi connectivity index (χ4n) is 5.35. The molecular weight excluding hydrogens is 606 g/mol. The summed E-state index contributed by atoms with van der Waals surface area (Å²) < 4.78 is 12.9. The standard InChI is InChI=1S/C27H24BrN3O6S2/c1-36-18-7-5-17(6-8-18)31-24(33)21-20(15-3-2-4-16(28)13-15)23-26(38-22(21)25(31)34)30(27(35)39-23)14-19(32)29-9-11-37-12-10-29/h2-8,13,20-22H,9-12,14H2,1H3. The molecule has 2 fully saturated rings. The number of anilines is 1. The zero-order valence-electron chi connectivity index (χ0n) is 20.9. The number of thioether (sulfide) groups is 1. The molecule has 3 aliphatic heterocycles. The van der Waals surface area contributed by atoms with Crippen molar-refractivity contribution in [1.29, 1.82) is 0 Å². The van der Waals surface area contributed by atoms with E-state index in [1.54, 1.807) is 36.3 Å². The Balaban J connectivity index is 1.42. The van der Waals surface area contributed by atoms with E-state index in [-0.39, 0.29) is 29.1 Å². The minimum Gasteiger partial charge on any atom is -0.497 e. The van der Waals surface area contributed by atoms with Crippen LogP contribution < -0.4 is 14.5 Å². The zero-order chi connectivity index (χ0) is 27.3. The lowest BCUT2D eigenvalue weighted by molar-refractivity contribution is -0.136. The number of aromatic nitrogens is 1. The van der Waals surface area contributed by atoms with E-state index in [1.165, 1.54) is 21.2 Å². The van der Waals surface area contributed by atoms with Crippen molar-refractivity contribution in [3.63, 3.8) is 0 Å². The van der Waals surface area contributed by atoms with Gasteiger partial charge in [0.15, 0.2) is 0 Å². The van der Waals surface area contributed by atoms with Gasteiger partial charge < -0.3 is 14.4 Å². The number of halogens is 1. The molecule has 39 heavy (non-hydrogen) atoms. The Morgan fingerprint density at radius 2 is 1.82 bits per heavy atom. The van der Waals surface area contributed by atoms with Crippen molar-refractivity contribution in [2.24, 2.45) is 5.92 Å². The maximum Gasteiger partial charge on any atom is 0.308 e. The van der Waals surface area contributed by atoms with Gasteiger partial charge in [0.1, 0.15) is 17.5 Å². The summed E-state index contributed by atoms with van der Waals surface area (Å²) in [7, 11) is 1.55. The van der Waals surface area contributed by atoms with E-state index >= 15 is 0 Å². The smallest absolute Gasteiger partial charge is 0.308 e. The van der Waals surface area contributed by atoms with Gasteiger partial charge in [-0.15, -0.1) is 0 Å². The molecule has 0 N–H and O–H groups in total. The molecule has 202 valence electrons. The molecule has 0 aliphatic carbocycles. The van der Waals surface area contributed by atoms with E-state index in [1.807, 2.05) is 24.3 Å². The van der Waals surface area contributed by atoms with Crippen molar-refractivity contribution >= 4 is 62.4 Å². The number of morpholine rings is 1. The van der Waals surface area contributed by atoms with Crippen LogP contribution in [0.3, 0.4) is 0 Å². The van der Waals surface area contributed by atoms with Gasteiger partial charge in [0, 0.05) is 28.4 Å². The number of rotatable bonds is 5. The number of carbonyl (C=O) groups is 3. The van der Waals surface area contributed by atoms with Crippen LogP contribution in [-0.4, -0.2) is 65.9 Å². The van der Waals surface area contributed by atoms with Gasteiger partial charge in [0.05, 0.1) is 37.0 Å². The van der Waals surface area contributed by atoms with Gasteiger partial charge in [-0.3, -0.25) is 23.7 Å². The second kappa shape index (κ2) is 10.6. The molecule has 0 radical (unpaired) electrons. The SMILES string of the molecule is COc1ccc(N2C(=O)C3Sc4c(sc(=O)n4CC(=O)N4CCOCC4)C(c4cccc(Br)c4)C3C2=O)cc1. The van der Waals surface area contributed by atoms with Crippen molar-refractivity contribution in [1.82, 2.24) is 9.47 Å². The normalized spacial score (nSPS) is 22.6. The number of amides is 3. The lowest BCUT2D eigenvalue weighted by Gasteiger charge is -2.31. The third kappa shape index (κ3) is 4.62. The summed E-state index contributed by atoms with van der Waals surface area (Å²) >= 11 is 5.78. The first-order valence-electron chi connectivity index (χ1n) is 12.4. The third-order valence-electron chi connectivity index (χ3n) is 7.24. The first-order valence-corrected chi connectivity index (χ1v) is 14.9. The molecule has 12 heteroatoms. The van der Waals surface area contributed by atoms with Crippen molar-refractivity contribution in [2.45, 2.75) is 22.7 Å². The zero-order valence-corrected chi connectivity index (χ0v) is 24.1. The summed E-state index contributed by atoms with van der Waals surface area (Å²) in [6.07, 6.45) is 0. The Morgan fingerprint density at radius 1 is 1.08 bits per heavy atom. The van der Waals surface area contributed by atoms with Gasteiger partial charge in [-0.1, -0.05) is 51.2 Å². The first-order chi connectivity index (χ1) is 18.9. The minimum absolute atomic E-state index is 0.120. The highest BCUT2D eigenvalue weighted by molar-refractivity contribution is 9.10. The van der Waals surface area contributed by atoms with Crippen LogP contribution >= 0.6 is 39.0 Å². The van der Waals surface area contributed by atoms with Gasteiger partial charge in [-0.05, 0) is 42.0 Å². The monoisotopic (exact) mass is 629 g/mol. The maximum absolute atomic E-state index is 14.0. The molecule has 3 aromatic rings. The van der Waals surface area contributed by atoms with Crippen LogP contribution in [-0.2, 0) is 25.7 Å². The highest BCUT2D eigenvalue weighted by atomic mass is 79.9. The van der Waals surface area contributed by atoms with Gasteiger partial charge in [0.2, 0.25) is 17.7 Å². The fraction of sp³-hybridized carbons (Fsp3) is 0.333. The summed E-state index contributed by atoms with van der Waals surface area (Å²) in [5.74, 6) is -1.41. The average molecular weight is 631 g/mol. The van der Waals surface area contributed by atoms with Crippen LogP contribution in [0.1, 0.15) is 16.4 Å². The summed E-state index contributed by atoms with van der Waals surface area (Å²) in [5, 5.41) is -0.162. The minimum atomic E-state index is -0.741. The van der Waals surface area contributed by atoms with Gasteiger partial charge in [0.25, 0.3) is 0 Å². The lowest BCUT2D eigenvalue weighted by Crippen LogP contribution is -2.43. The molecule has 3 unspecified atom stereocenters. The van der Waals surface area contributed by atoms with Crippen LogP contribution in [0.4, 0.5) is 5.69 Å². The number of carbonyl (C=O) groups excluding carboxylic acids is 3. The highest BCUT2D eigenvalue weighted by Gasteiger charge is 2.56. The van der Waals surface area contributed by atoms with Gasteiger partial charge in [-0.2, -0.15) is 0 Å². The van der Waals surface area contributed by atoms with Crippen molar-refractivity contribution < 1.29 is 23.9 Å². The topological polar surface area (TPSA) is 98.2 Å². The maximum atomic E-state index is 14.0. The van der Waals surface area contributed by atoms with Crippen molar-refractivity contribution in [2.75, 3.05) is 38.3 Å². The predicted molar refractivity (Wildman–Crippen MR) is 151 cm³/mol. The van der Waals surface area contributed by atoms with E-state index in [4.69, 9.17) is 9.47 Å². The van der Waals surface area contributed by atoms with E-state index in [0.29, 0.717) is 47.6 Å². The van der Waals surface area contributed by atoms with E-state index in [0.717, 1.165) is 21.4 Å². The molecule has 9 nitrogen and oxygen atoms in total. The molecule has 1 aromatic heterocycles. The molecule has 3 atom stereocenters. The number of nitrogens with zero attached hydrogens (tertiary/aromatic N) is 3. The summed E-state index contributed by atoms with van der Waals surface area (Å²) in [5.41, 5.74) is 1.29. The van der Waals surface area contributed by atoms with Gasteiger partial charge >= 0.3 is 4.87 Å². The molecule has 6 rings (SSSR count). The van der Waals surface area contributed by atoms with Crippen LogP contribution in [0.5, 0.6) is 5.75 Å². The van der Waals surface area contributed by atoms with Crippen LogP contribution in [0.2, 0.25) is 0 Å². The Morgan fingerprint density at radius 3 is 2.51 bits per heavy atom. The number of hydrogen-bond acceptors (Lipinski definition) is 8. The number of methoxy groups -OCH3 is 1. The number of thiazole rings is 1. The Hall–Kier alpha value is -2.93. The molecule has 2 aromatic carbocycles. The van der Waals surface area contributed by atoms with Crippen molar-refractivity contribution in [3.05, 3.63) is 73.1 Å². The molecule has 4 heterocycles. The lowest BCUT2D eigenvalue weighted by atomic mass is 9.83. The molecular formula is C27H24BrN3O6S2. The van der Waals surface area contributed by atoms with Crippen LogP contribution in [0.15, 0.2) is 62.8 Å². The predicted octanol–water partition coefficient (Wildman–Crippen LogP) is 3.34. The number of imide groups is 1. The Bertz CT molecular complexity index is 1510. The van der Waals surface area contributed by atoms with Crippen LogP contribution in [0.25, 0.3) is 0 Å². The summed E-state index contributed by atoms with van der Waals surface area (Å²) in [6.45, 7) is 1.75. The molecule has 3 aliphatic rings. The summed E-state index contributed by atoms with van der Waals surface area (Å²) in [4.78, 5) is 57.5. The number of ether oxygens (including phenoxy) is 2. The molecule has 2 saturated heterocycles. The Kier molecular flexibility index (Phi) is 7.13. The number of fused-ring (bicyclic) bond motifs is 2. The van der Waals surface area contributed by atoms with Crippen molar-refractivity contribution in [3.8, 4) is 5.75 Å². The second-order valence-electron chi connectivity index (χ2n) is 9.42.